The lowest BCUT2D eigenvalue weighted by Crippen LogP contribution is -2.32. The number of fused-ring (bicyclic) bond motifs is 1. The van der Waals surface area contributed by atoms with Crippen LogP contribution >= 0.6 is 0 Å². The second kappa shape index (κ2) is 6.54. The predicted octanol–water partition coefficient (Wildman–Crippen LogP) is 1.87. The second-order valence-corrected chi connectivity index (χ2v) is 5.31. The number of hydrogen-bond acceptors (Lipinski definition) is 4. The maximum absolute atomic E-state index is 12.5. The maximum atomic E-state index is 12.5. The molecule has 0 atom stereocenters. The number of methoxy groups -OCH3 is 1. The van der Waals surface area contributed by atoms with Gasteiger partial charge in [-0.1, -0.05) is 30.3 Å². The highest BCUT2D eigenvalue weighted by Crippen LogP contribution is 2.16. The summed E-state index contributed by atoms with van der Waals surface area (Å²) in [6.45, 7) is 0.283. The van der Waals surface area contributed by atoms with Crippen LogP contribution in [-0.2, 0) is 13.6 Å². The van der Waals surface area contributed by atoms with Crippen molar-refractivity contribution in [2.24, 2.45) is 7.05 Å². The van der Waals surface area contributed by atoms with Gasteiger partial charge in [0.15, 0.2) is 0 Å². The molecule has 0 aliphatic carbocycles. The molecule has 0 aliphatic heterocycles. The summed E-state index contributed by atoms with van der Waals surface area (Å²) in [5.74, 6) is 0.359. The van der Waals surface area contributed by atoms with E-state index in [9.17, 15) is 9.59 Å². The molecule has 1 aromatic heterocycles. The Morgan fingerprint density at radius 1 is 1.17 bits per heavy atom. The van der Waals surface area contributed by atoms with E-state index in [-0.39, 0.29) is 17.9 Å². The summed E-state index contributed by atoms with van der Waals surface area (Å²) in [6, 6.07) is 14.4. The molecule has 1 amide bonds. The van der Waals surface area contributed by atoms with Gasteiger partial charge in [0, 0.05) is 19.2 Å². The van der Waals surface area contributed by atoms with Crippen molar-refractivity contribution < 1.29 is 9.53 Å². The Bertz CT molecular complexity index is 963. The molecule has 0 bridgehead atoms. The molecule has 3 rings (SSSR count). The molecule has 0 spiro atoms. The third-order valence-corrected chi connectivity index (χ3v) is 3.82. The predicted molar refractivity (Wildman–Crippen MR) is 91.1 cm³/mol. The molecule has 122 valence electrons. The van der Waals surface area contributed by atoms with E-state index in [0.717, 1.165) is 5.56 Å². The fraction of sp³-hybridized carbons (Fsp3) is 0.167. The van der Waals surface area contributed by atoms with Crippen molar-refractivity contribution in [3.63, 3.8) is 0 Å². The van der Waals surface area contributed by atoms with Crippen LogP contribution < -0.4 is 15.6 Å². The number of para-hydroxylation sites is 2. The third-order valence-electron chi connectivity index (χ3n) is 3.82. The van der Waals surface area contributed by atoms with Crippen LogP contribution in [0.2, 0.25) is 0 Å². The first-order valence-corrected chi connectivity index (χ1v) is 7.47. The Kier molecular flexibility index (Phi) is 4.29. The molecule has 1 N–H and O–H groups in total. The topological polar surface area (TPSA) is 73.2 Å². The minimum absolute atomic E-state index is 0.0774. The molecule has 3 aromatic rings. The van der Waals surface area contributed by atoms with Crippen LogP contribution in [0.1, 0.15) is 16.2 Å². The van der Waals surface area contributed by atoms with E-state index in [2.05, 4.69) is 10.3 Å². The average Bonchev–Trinajstić information content (AvgIpc) is 2.63. The van der Waals surface area contributed by atoms with Crippen LogP contribution in [0.4, 0.5) is 0 Å². The van der Waals surface area contributed by atoms with Crippen LogP contribution in [0, 0.1) is 0 Å². The van der Waals surface area contributed by atoms with Gasteiger partial charge in [-0.15, -0.1) is 0 Å². The normalized spacial score (nSPS) is 10.6. The van der Waals surface area contributed by atoms with Crippen molar-refractivity contribution in [2.45, 2.75) is 6.54 Å². The monoisotopic (exact) mass is 323 g/mol. The zero-order valence-corrected chi connectivity index (χ0v) is 13.4. The first-order chi connectivity index (χ1) is 11.6. The molecule has 24 heavy (non-hydrogen) atoms. The highest BCUT2D eigenvalue weighted by molar-refractivity contribution is 5.92. The first-order valence-electron chi connectivity index (χ1n) is 7.47. The number of carbonyl (C=O) groups is 1. The van der Waals surface area contributed by atoms with Crippen molar-refractivity contribution in [3.8, 4) is 5.75 Å². The fourth-order valence-electron chi connectivity index (χ4n) is 2.52. The summed E-state index contributed by atoms with van der Waals surface area (Å²) in [6.07, 6.45) is 0. The van der Waals surface area contributed by atoms with E-state index < -0.39 is 5.91 Å². The first kappa shape index (κ1) is 15.7. The molecular weight excluding hydrogens is 306 g/mol. The highest BCUT2D eigenvalue weighted by Gasteiger charge is 2.15. The largest absolute Gasteiger partial charge is 0.496 e. The van der Waals surface area contributed by atoms with Gasteiger partial charge in [-0.2, -0.15) is 0 Å². The molecule has 1 heterocycles. The molecular formula is C18H17N3O3. The van der Waals surface area contributed by atoms with E-state index >= 15 is 0 Å². The Balaban J connectivity index is 1.89. The minimum Gasteiger partial charge on any atom is -0.496 e. The number of amides is 1. The van der Waals surface area contributed by atoms with Crippen LogP contribution in [-0.4, -0.2) is 22.6 Å². The number of rotatable bonds is 4. The molecule has 6 heteroatoms. The van der Waals surface area contributed by atoms with E-state index in [1.54, 1.807) is 38.4 Å². The Morgan fingerprint density at radius 2 is 1.88 bits per heavy atom. The molecule has 0 aliphatic rings. The molecule has 0 unspecified atom stereocenters. The molecule has 6 nitrogen and oxygen atoms in total. The van der Waals surface area contributed by atoms with Crippen molar-refractivity contribution in [2.75, 3.05) is 7.11 Å². The van der Waals surface area contributed by atoms with Crippen molar-refractivity contribution >= 4 is 16.8 Å². The quantitative estimate of drug-likeness (QED) is 0.795. The summed E-state index contributed by atoms with van der Waals surface area (Å²) in [5.41, 5.74) is 1.10. The molecule has 2 aromatic carbocycles. The van der Waals surface area contributed by atoms with Crippen molar-refractivity contribution in [1.29, 1.82) is 0 Å². The van der Waals surface area contributed by atoms with Gasteiger partial charge in [-0.25, -0.2) is 4.98 Å². The minimum atomic E-state index is -0.411. The van der Waals surface area contributed by atoms with Gasteiger partial charge in [-0.3, -0.25) is 14.2 Å². The summed E-state index contributed by atoms with van der Waals surface area (Å²) in [4.78, 5) is 29.1. The van der Waals surface area contributed by atoms with Gasteiger partial charge >= 0.3 is 0 Å². The van der Waals surface area contributed by atoms with Gasteiger partial charge in [0.25, 0.3) is 11.5 Å². The van der Waals surface area contributed by atoms with E-state index in [4.69, 9.17) is 4.74 Å². The van der Waals surface area contributed by atoms with Crippen molar-refractivity contribution in [1.82, 2.24) is 14.9 Å². The third kappa shape index (κ3) is 2.86. The lowest BCUT2D eigenvalue weighted by Gasteiger charge is -2.11. The lowest BCUT2D eigenvalue weighted by atomic mass is 10.2. The zero-order chi connectivity index (χ0) is 17.1. The highest BCUT2D eigenvalue weighted by atomic mass is 16.5. The summed E-state index contributed by atoms with van der Waals surface area (Å²) in [7, 11) is 3.12. The molecule has 0 saturated carbocycles. The number of carbonyl (C=O) groups excluding carboxylic acids is 1. The Labute approximate surface area is 138 Å². The van der Waals surface area contributed by atoms with Gasteiger partial charge in [-0.05, 0) is 18.2 Å². The smallest absolute Gasteiger partial charge is 0.287 e. The van der Waals surface area contributed by atoms with E-state index in [1.165, 1.54) is 4.57 Å². The summed E-state index contributed by atoms with van der Waals surface area (Å²) in [5, 5.41) is 3.27. The van der Waals surface area contributed by atoms with Gasteiger partial charge in [0.2, 0.25) is 5.82 Å². The maximum Gasteiger partial charge on any atom is 0.287 e. The molecule has 0 saturated heterocycles. The summed E-state index contributed by atoms with van der Waals surface area (Å²) >= 11 is 0. The molecule has 0 radical (unpaired) electrons. The lowest BCUT2D eigenvalue weighted by molar-refractivity contribution is 0.0935. The van der Waals surface area contributed by atoms with Gasteiger partial charge < -0.3 is 10.1 Å². The number of hydrogen-bond donors (Lipinski definition) is 1. The van der Waals surface area contributed by atoms with Gasteiger partial charge in [0.1, 0.15) is 5.75 Å². The number of ether oxygens (including phenoxy) is 1. The van der Waals surface area contributed by atoms with Gasteiger partial charge in [0.05, 0.1) is 18.0 Å². The number of aromatic nitrogens is 2. The van der Waals surface area contributed by atoms with Crippen LogP contribution in [0.25, 0.3) is 10.9 Å². The van der Waals surface area contributed by atoms with Crippen LogP contribution in [0.3, 0.4) is 0 Å². The van der Waals surface area contributed by atoms with E-state index in [1.807, 2.05) is 24.3 Å². The average molecular weight is 323 g/mol. The molecule has 0 fully saturated rings. The number of nitrogens with one attached hydrogen (secondary N) is 1. The Morgan fingerprint density at radius 3 is 2.67 bits per heavy atom. The second-order valence-electron chi connectivity index (χ2n) is 5.31. The Hall–Kier alpha value is -3.15. The SMILES string of the molecule is COc1ccccc1CNC(=O)c1nc2ccccc2c(=O)n1C. The zero-order valence-electron chi connectivity index (χ0n) is 13.4. The van der Waals surface area contributed by atoms with E-state index in [0.29, 0.717) is 16.7 Å². The number of nitrogens with zero attached hydrogens (tertiary/aromatic N) is 2. The van der Waals surface area contributed by atoms with Crippen LogP contribution in [0.15, 0.2) is 53.3 Å². The van der Waals surface area contributed by atoms with Crippen LogP contribution in [0.5, 0.6) is 5.75 Å². The van der Waals surface area contributed by atoms with Crippen molar-refractivity contribution in [3.05, 3.63) is 70.3 Å². The fourth-order valence-corrected chi connectivity index (χ4v) is 2.52. The summed E-state index contributed by atoms with van der Waals surface area (Å²) < 4.78 is 6.53. The number of benzene rings is 2. The standard InChI is InChI=1S/C18H17N3O3/c1-21-16(20-14-9-5-4-8-13(14)18(21)23)17(22)19-11-12-7-3-6-10-15(12)24-2/h3-10H,11H2,1-2H3,(H,19,22).